The summed E-state index contributed by atoms with van der Waals surface area (Å²) in [6.45, 7) is 4.27. The maximum Gasteiger partial charge on any atom is 0.254 e. The first-order chi connectivity index (χ1) is 8.82. The van der Waals surface area contributed by atoms with Crippen LogP contribution < -0.4 is 0 Å². The van der Waals surface area contributed by atoms with Crippen LogP contribution in [0.3, 0.4) is 0 Å². The molecule has 1 rings (SSSR count). The average Bonchev–Trinajstić information content (AvgIpc) is 2.37. The van der Waals surface area contributed by atoms with Crippen molar-refractivity contribution in [2.45, 2.75) is 19.8 Å². The normalized spacial score (nSPS) is 10.4. The van der Waals surface area contributed by atoms with Crippen LogP contribution in [0.2, 0.25) is 0 Å². The van der Waals surface area contributed by atoms with Crippen LogP contribution in [0.1, 0.15) is 35.7 Å². The van der Waals surface area contributed by atoms with E-state index in [1.807, 2.05) is 18.2 Å². The molecule has 0 aliphatic carbocycles. The highest BCUT2D eigenvalue weighted by molar-refractivity contribution is 5.96. The Kier molecular flexibility index (Phi) is 5.10. The zero-order valence-corrected chi connectivity index (χ0v) is 12.3. The van der Waals surface area contributed by atoms with Gasteiger partial charge in [0, 0.05) is 26.7 Å². The lowest BCUT2D eigenvalue weighted by Gasteiger charge is -2.19. The smallest absolute Gasteiger partial charge is 0.254 e. The fourth-order valence-corrected chi connectivity index (χ4v) is 1.67. The summed E-state index contributed by atoms with van der Waals surface area (Å²) in [5.74, 6) is 0.162. The molecule has 0 fully saturated rings. The molecular formula is C15H22N2O2. The van der Waals surface area contributed by atoms with Gasteiger partial charge in [-0.3, -0.25) is 9.59 Å². The van der Waals surface area contributed by atoms with Crippen LogP contribution in [0.15, 0.2) is 24.3 Å². The monoisotopic (exact) mass is 262 g/mol. The number of nitrogens with zero attached hydrogens (tertiary/aromatic N) is 2. The highest BCUT2D eigenvalue weighted by Crippen LogP contribution is 2.16. The second kappa shape index (κ2) is 6.36. The molecular weight excluding hydrogens is 240 g/mol. The quantitative estimate of drug-likeness (QED) is 0.832. The second-order valence-corrected chi connectivity index (χ2v) is 5.23. The number of carbonyl (C=O) groups is 2. The van der Waals surface area contributed by atoms with E-state index in [-0.39, 0.29) is 18.4 Å². The van der Waals surface area contributed by atoms with Crippen molar-refractivity contribution < 1.29 is 9.59 Å². The van der Waals surface area contributed by atoms with Gasteiger partial charge in [-0.25, -0.2) is 0 Å². The van der Waals surface area contributed by atoms with E-state index < -0.39 is 0 Å². The first-order valence-electron chi connectivity index (χ1n) is 6.38. The van der Waals surface area contributed by atoms with Crippen LogP contribution in [0, 0.1) is 0 Å². The molecule has 0 N–H and O–H groups in total. The Balaban J connectivity index is 2.82. The molecule has 1 aromatic rings. The first kappa shape index (κ1) is 15.2. The van der Waals surface area contributed by atoms with Crippen molar-refractivity contribution in [3.8, 4) is 0 Å². The largest absolute Gasteiger partial charge is 0.347 e. The molecule has 104 valence electrons. The minimum absolute atomic E-state index is 0.0872. The molecule has 19 heavy (non-hydrogen) atoms. The summed E-state index contributed by atoms with van der Waals surface area (Å²) < 4.78 is 0. The van der Waals surface area contributed by atoms with Gasteiger partial charge in [-0.05, 0) is 23.6 Å². The van der Waals surface area contributed by atoms with E-state index in [1.54, 1.807) is 27.2 Å². The van der Waals surface area contributed by atoms with E-state index in [4.69, 9.17) is 0 Å². The predicted molar refractivity (Wildman–Crippen MR) is 76.2 cm³/mol. The number of hydrogen-bond acceptors (Lipinski definition) is 2. The minimum Gasteiger partial charge on any atom is -0.347 e. The van der Waals surface area contributed by atoms with Gasteiger partial charge in [0.05, 0.1) is 6.54 Å². The molecule has 0 heterocycles. The van der Waals surface area contributed by atoms with E-state index in [0.717, 1.165) is 5.56 Å². The molecule has 0 aromatic heterocycles. The van der Waals surface area contributed by atoms with Crippen LogP contribution in [-0.2, 0) is 4.79 Å². The number of amides is 2. The van der Waals surface area contributed by atoms with E-state index in [2.05, 4.69) is 13.8 Å². The van der Waals surface area contributed by atoms with Gasteiger partial charge in [0.25, 0.3) is 5.91 Å². The molecule has 1 aromatic carbocycles. The van der Waals surface area contributed by atoms with Crippen molar-refractivity contribution in [1.29, 1.82) is 0 Å². The van der Waals surface area contributed by atoms with Gasteiger partial charge in [0.2, 0.25) is 5.91 Å². The van der Waals surface area contributed by atoms with Crippen molar-refractivity contribution in [2.75, 3.05) is 27.7 Å². The van der Waals surface area contributed by atoms with Crippen molar-refractivity contribution in [1.82, 2.24) is 9.80 Å². The van der Waals surface area contributed by atoms with Crippen LogP contribution in [0.4, 0.5) is 0 Å². The van der Waals surface area contributed by atoms with E-state index in [0.29, 0.717) is 11.5 Å². The van der Waals surface area contributed by atoms with Gasteiger partial charge < -0.3 is 9.80 Å². The second-order valence-electron chi connectivity index (χ2n) is 5.23. The summed E-state index contributed by atoms with van der Waals surface area (Å²) in [7, 11) is 5.01. The SMILES string of the molecule is CC(C)c1cccc(C(=O)N(C)CC(=O)N(C)C)c1. The van der Waals surface area contributed by atoms with Crippen molar-refractivity contribution in [3.05, 3.63) is 35.4 Å². The Labute approximate surface area is 115 Å². The molecule has 0 saturated heterocycles. The van der Waals surface area contributed by atoms with Gasteiger partial charge in [0.1, 0.15) is 0 Å². The van der Waals surface area contributed by atoms with Crippen LogP contribution in [0.25, 0.3) is 0 Å². The highest BCUT2D eigenvalue weighted by atomic mass is 16.2. The molecule has 0 aliphatic heterocycles. The van der Waals surface area contributed by atoms with Gasteiger partial charge in [-0.15, -0.1) is 0 Å². The van der Waals surface area contributed by atoms with Gasteiger partial charge in [0.15, 0.2) is 0 Å². The summed E-state index contributed by atoms with van der Waals surface area (Å²) in [5.41, 5.74) is 1.75. The fourth-order valence-electron chi connectivity index (χ4n) is 1.67. The third-order valence-electron chi connectivity index (χ3n) is 3.02. The standard InChI is InChI=1S/C15H22N2O2/c1-11(2)12-7-6-8-13(9-12)15(19)17(5)10-14(18)16(3)4/h6-9,11H,10H2,1-5H3. The molecule has 0 radical (unpaired) electrons. The molecule has 2 amide bonds. The Bertz CT molecular complexity index is 467. The third-order valence-corrected chi connectivity index (χ3v) is 3.02. The van der Waals surface area contributed by atoms with Crippen molar-refractivity contribution in [3.63, 3.8) is 0 Å². The zero-order valence-electron chi connectivity index (χ0n) is 12.3. The summed E-state index contributed by atoms with van der Waals surface area (Å²) in [6, 6.07) is 7.56. The summed E-state index contributed by atoms with van der Waals surface area (Å²) in [5, 5.41) is 0. The average molecular weight is 262 g/mol. The summed E-state index contributed by atoms with van der Waals surface area (Å²) in [4.78, 5) is 26.8. The Morgan fingerprint density at radius 1 is 1.16 bits per heavy atom. The van der Waals surface area contributed by atoms with Crippen molar-refractivity contribution >= 4 is 11.8 Å². The number of benzene rings is 1. The number of likely N-dealkylation sites (N-methyl/N-ethyl adjacent to an activating group) is 2. The summed E-state index contributed by atoms with van der Waals surface area (Å²) >= 11 is 0. The molecule has 0 aliphatic rings. The highest BCUT2D eigenvalue weighted by Gasteiger charge is 2.16. The van der Waals surface area contributed by atoms with E-state index >= 15 is 0 Å². The molecule has 4 heteroatoms. The van der Waals surface area contributed by atoms with Gasteiger partial charge in [-0.2, -0.15) is 0 Å². The Morgan fingerprint density at radius 3 is 2.32 bits per heavy atom. The number of rotatable bonds is 4. The topological polar surface area (TPSA) is 40.6 Å². The lowest BCUT2D eigenvalue weighted by Crippen LogP contribution is -2.37. The zero-order chi connectivity index (χ0) is 14.6. The Morgan fingerprint density at radius 2 is 1.79 bits per heavy atom. The molecule has 0 saturated carbocycles. The number of carbonyl (C=O) groups excluding carboxylic acids is 2. The third kappa shape index (κ3) is 4.09. The van der Waals surface area contributed by atoms with Gasteiger partial charge in [-0.1, -0.05) is 26.0 Å². The molecule has 0 spiro atoms. The molecule has 4 nitrogen and oxygen atoms in total. The maximum absolute atomic E-state index is 12.2. The molecule has 0 unspecified atom stereocenters. The predicted octanol–water partition coefficient (Wildman–Crippen LogP) is 1.97. The van der Waals surface area contributed by atoms with E-state index in [1.165, 1.54) is 9.80 Å². The van der Waals surface area contributed by atoms with Crippen molar-refractivity contribution in [2.24, 2.45) is 0 Å². The lowest BCUT2D eigenvalue weighted by molar-refractivity contribution is -0.129. The van der Waals surface area contributed by atoms with Crippen LogP contribution >= 0.6 is 0 Å². The fraction of sp³-hybridized carbons (Fsp3) is 0.467. The summed E-state index contributed by atoms with van der Waals surface area (Å²) in [6.07, 6.45) is 0. The van der Waals surface area contributed by atoms with E-state index in [9.17, 15) is 9.59 Å². The van der Waals surface area contributed by atoms with Crippen LogP contribution in [0.5, 0.6) is 0 Å². The van der Waals surface area contributed by atoms with Crippen LogP contribution in [-0.4, -0.2) is 49.3 Å². The molecule has 0 atom stereocenters. The van der Waals surface area contributed by atoms with Gasteiger partial charge >= 0.3 is 0 Å². The minimum atomic E-state index is -0.127. The Hall–Kier alpha value is -1.84. The maximum atomic E-state index is 12.2. The molecule has 0 bridgehead atoms. The first-order valence-corrected chi connectivity index (χ1v) is 6.38. The lowest BCUT2D eigenvalue weighted by atomic mass is 10.0. The number of hydrogen-bond donors (Lipinski definition) is 0.